The van der Waals surface area contributed by atoms with Crippen molar-refractivity contribution in [2.45, 2.75) is 309 Å². The van der Waals surface area contributed by atoms with Crippen molar-refractivity contribution >= 4 is 19.7 Å². The Hall–Kier alpha value is -3.07. The number of unbranched alkanes of at least 4 members (excludes halogenated alkanes) is 31. The summed E-state index contributed by atoms with van der Waals surface area (Å²) < 4.78 is 30.4. The van der Waals surface area contributed by atoms with Gasteiger partial charge in [-0.1, -0.05) is 266 Å². The van der Waals surface area contributed by atoms with Crippen molar-refractivity contribution in [3.05, 3.63) is 97.2 Å². The number of amides is 1. The van der Waals surface area contributed by atoms with E-state index in [4.69, 9.17) is 13.8 Å². The number of esters is 1. The predicted octanol–water partition coefficient (Wildman–Crippen LogP) is 20.9. The van der Waals surface area contributed by atoms with Crippen LogP contribution in [0.1, 0.15) is 297 Å². The molecular weight excluding hydrogens is 1040 g/mol. The lowest BCUT2D eigenvalue weighted by atomic mass is 10.0. The lowest BCUT2D eigenvalue weighted by Gasteiger charge is -2.30. The van der Waals surface area contributed by atoms with Crippen molar-refractivity contribution in [1.29, 1.82) is 0 Å². The van der Waals surface area contributed by atoms with Crippen LogP contribution in [0.2, 0.25) is 0 Å². The van der Waals surface area contributed by atoms with Crippen molar-refractivity contribution < 1.29 is 37.3 Å². The molecule has 0 aliphatic heterocycles. The molecule has 0 spiro atoms. The highest BCUT2D eigenvalue weighted by atomic mass is 31.2. The highest BCUT2D eigenvalue weighted by Gasteiger charge is 2.27. The van der Waals surface area contributed by atoms with Crippen LogP contribution in [0.4, 0.5) is 0 Å². The van der Waals surface area contributed by atoms with Crippen LogP contribution in [0.3, 0.4) is 0 Å². The summed E-state index contributed by atoms with van der Waals surface area (Å²) in [6, 6.07) is -0.905. The fraction of sp³-hybridized carbons (Fsp3) is 0.750. The molecule has 9 nitrogen and oxygen atoms in total. The van der Waals surface area contributed by atoms with Gasteiger partial charge in [0.2, 0.25) is 5.91 Å². The molecule has 1 amide bonds. The summed E-state index contributed by atoms with van der Waals surface area (Å²) in [6.07, 6.45) is 82.3. The van der Waals surface area contributed by atoms with Gasteiger partial charge in [0.1, 0.15) is 19.3 Å². The van der Waals surface area contributed by atoms with Gasteiger partial charge in [-0.05, 0) is 115 Å². The molecule has 0 bridgehead atoms. The van der Waals surface area contributed by atoms with Crippen molar-refractivity contribution in [2.75, 3.05) is 40.9 Å². The number of likely N-dealkylation sites (N-methyl/N-ethyl adjacent to an activating group) is 1. The molecule has 3 unspecified atom stereocenters. The summed E-state index contributed by atoms with van der Waals surface area (Å²) >= 11 is 0. The summed E-state index contributed by atoms with van der Waals surface area (Å²) in [5.41, 5.74) is 0. The highest BCUT2D eigenvalue weighted by molar-refractivity contribution is 7.45. The van der Waals surface area contributed by atoms with Crippen molar-refractivity contribution in [2.24, 2.45) is 0 Å². The van der Waals surface area contributed by atoms with E-state index >= 15 is 0 Å². The summed E-state index contributed by atoms with van der Waals surface area (Å²) in [5.74, 6) is -0.565. The molecule has 82 heavy (non-hydrogen) atoms. The first-order chi connectivity index (χ1) is 39.9. The number of nitrogens with zero attached hydrogens (tertiary/aromatic N) is 1. The SMILES string of the molecule is CCCCC/C=C\C/C=C\C/C=C\C/C=C\CCCCCCCC(=O)OC(/C=C/CCCCCCCCCCCC)C(COP(=O)([O-])OCC[N+](C)(C)C)NC(=O)CCCCCCCCCCCC/C=C\C/C=C\C/C=C\CCCCC. The monoisotopic (exact) mass is 1160 g/mol. The first kappa shape index (κ1) is 78.9. The lowest BCUT2D eigenvalue weighted by Crippen LogP contribution is -2.47. The van der Waals surface area contributed by atoms with Crippen LogP contribution in [-0.4, -0.2) is 69.4 Å². The average molecular weight is 1170 g/mol. The Morgan fingerprint density at radius 2 is 0.744 bits per heavy atom. The van der Waals surface area contributed by atoms with Crippen molar-refractivity contribution in [1.82, 2.24) is 5.32 Å². The number of nitrogens with one attached hydrogen (secondary N) is 1. The minimum atomic E-state index is -4.71. The number of hydrogen-bond donors (Lipinski definition) is 1. The summed E-state index contributed by atoms with van der Waals surface area (Å²) in [4.78, 5) is 40.1. The molecule has 0 heterocycles. The minimum Gasteiger partial charge on any atom is -0.756 e. The molecule has 0 fully saturated rings. The molecule has 1 N–H and O–H groups in total. The summed E-state index contributed by atoms with van der Waals surface area (Å²) in [7, 11) is 1.16. The van der Waals surface area contributed by atoms with E-state index in [1.807, 2.05) is 33.3 Å². The Morgan fingerprint density at radius 1 is 0.427 bits per heavy atom. The van der Waals surface area contributed by atoms with Gasteiger partial charge in [0, 0.05) is 12.8 Å². The zero-order valence-electron chi connectivity index (χ0n) is 54.2. The molecule has 0 saturated heterocycles. The summed E-state index contributed by atoms with van der Waals surface area (Å²) in [5, 5.41) is 3.03. The molecule has 0 saturated carbocycles. The van der Waals surface area contributed by atoms with Crippen LogP contribution in [0.5, 0.6) is 0 Å². The third-order valence-electron chi connectivity index (χ3n) is 14.7. The van der Waals surface area contributed by atoms with Gasteiger partial charge < -0.3 is 28.5 Å². The molecule has 0 aliphatic carbocycles. The molecule has 0 radical (unpaired) electrons. The van der Waals surface area contributed by atoms with E-state index in [0.29, 0.717) is 23.9 Å². The molecule has 474 valence electrons. The number of quaternary nitrogens is 1. The first-order valence-electron chi connectivity index (χ1n) is 34.0. The number of carbonyl (C=O) groups is 2. The number of allylic oxidation sites excluding steroid dienone is 15. The number of phosphoric ester groups is 1. The maximum atomic E-state index is 13.6. The Bertz CT molecular complexity index is 1720. The Balaban J connectivity index is 5.19. The topological polar surface area (TPSA) is 114 Å². The molecule has 0 aromatic rings. The van der Waals surface area contributed by atoms with E-state index < -0.39 is 26.6 Å². The first-order valence-corrected chi connectivity index (χ1v) is 35.5. The van der Waals surface area contributed by atoms with Crippen LogP contribution in [0.25, 0.3) is 0 Å². The van der Waals surface area contributed by atoms with Crippen LogP contribution in [0.15, 0.2) is 97.2 Å². The van der Waals surface area contributed by atoms with Crippen LogP contribution in [0, 0.1) is 0 Å². The second-order valence-corrected chi connectivity index (χ2v) is 25.4. The van der Waals surface area contributed by atoms with Crippen molar-refractivity contribution in [3.63, 3.8) is 0 Å². The Morgan fingerprint density at radius 3 is 1.13 bits per heavy atom. The second kappa shape index (κ2) is 61.0. The van der Waals surface area contributed by atoms with E-state index in [0.717, 1.165) is 116 Å². The standard InChI is InChI=1S/C72H129N2O7P/c1-7-10-13-16-19-22-25-28-30-32-34-36-37-39-40-42-44-46-49-52-55-58-61-64-71(75)73-69(68-80-82(77,78)79-67-66-74(4,5)6)70(63-60-57-54-51-48-27-24-21-18-15-12-9-3)81-72(76)65-62-59-56-53-50-47-45-43-41-38-35-33-31-29-26-23-20-17-14-11-8-2/h19-20,22-23,28-31,34-36,38,43,45,60,63,69-70H,7-18,21,24-27,32-33,37,39-42,44,46-59,61-62,64-68H2,1-6H3,(H-,73,75,77,78)/b22-19-,23-20-,30-28-,31-29-,36-34-,38-35-,45-43-,63-60+. The third-order valence-corrected chi connectivity index (χ3v) is 15.7. The second-order valence-electron chi connectivity index (χ2n) is 24.0. The molecule has 0 rings (SSSR count). The van der Waals surface area contributed by atoms with E-state index in [-0.39, 0.29) is 24.9 Å². The van der Waals surface area contributed by atoms with Gasteiger partial charge in [-0.2, -0.15) is 0 Å². The molecule has 0 aliphatic rings. The van der Waals surface area contributed by atoms with Gasteiger partial charge in [0.05, 0.1) is 33.8 Å². The maximum Gasteiger partial charge on any atom is 0.306 e. The normalized spacial score (nSPS) is 14.2. The zero-order valence-corrected chi connectivity index (χ0v) is 55.1. The van der Waals surface area contributed by atoms with Crippen molar-refractivity contribution in [3.8, 4) is 0 Å². The minimum absolute atomic E-state index is 0.0304. The van der Waals surface area contributed by atoms with Crippen LogP contribution in [-0.2, 0) is 27.9 Å². The zero-order chi connectivity index (χ0) is 60.0. The highest BCUT2D eigenvalue weighted by Crippen LogP contribution is 2.38. The molecule has 0 aromatic carbocycles. The van der Waals surface area contributed by atoms with Crippen LogP contribution >= 0.6 is 7.82 Å². The number of phosphoric acid groups is 1. The predicted molar refractivity (Wildman–Crippen MR) is 353 cm³/mol. The fourth-order valence-corrected chi connectivity index (χ4v) is 10.2. The third kappa shape index (κ3) is 61.5. The van der Waals surface area contributed by atoms with Gasteiger partial charge in [-0.15, -0.1) is 0 Å². The quantitative estimate of drug-likeness (QED) is 0.0212. The molecule has 0 aromatic heterocycles. The lowest BCUT2D eigenvalue weighted by molar-refractivity contribution is -0.870. The number of carbonyl (C=O) groups excluding carboxylic acids is 2. The van der Waals surface area contributed by atoms with Gasteiger partial charge in [-0.3, -0.25) is 14.2 Å². The molecular formula is C72H129N2O7P. The number of rotatable bonds is 61. The number of hydrogen-bond acceptors (Lipinski definition) is 7. The van der Waals surface area contributed by atoms with E-state index in [1.165, 1.54) is 141 Å². The maximum absolute atomic E-state index is 13.6. The van der Waals surface area contributed by atoms with E-state index in [1.54, 1.807) is 0 Å². The van der Waals surface area contributed by atoms with Gasteiger partial charge in [0.25, 0.3) is 7.82 Å². The van der Waals surface area contributed by atoms with Gasteiger partial charge >= 0.3 is 5.97 Å². The smallest absolute Gasteiger partial charge is 0.306 e. The van der Waals surface area contributed by atoms with E-state index in [2.05, 4.69) is 111 Å². The average Bonchev–Trinajstić information content (AvgIpc) is 3.44. The summed E-state index contributed by atoms with van der Waals surface area (Å²) in [6.45, 7) is 6.78. The van der Waals surface area contributed by atoms with Crippen LogP contribution < -0.4 is 10.2 Å². The molecule has 10 heteroatoms. The Labute approximate surface area is 507 Å². The van der Waals surface area contributed by atoms with E-state index in [9.17, 15) is 19.0 Å². The molecule has 3 atom stereocenters. The Kier molecular flexibility index (Phi) is 58.7. The van der Waals surface area contributed by atoms with Gasteiger partial charge in [-0.25, -0.2) is 0 Å². The largest absolute Gasteiger partial charge is 0.756 e. The fourth-order valence-electron chi connectivity index (χ4n) is 9.45. The number of ether oxygens (including phenoxy) is 1. The van der Waals surface area contributed by atoms with Gasteiger partial charge in [0.15, 0.2) is 0 Å².